The molecule has 4 heteroatoms. The Balaban J connectivity index is 2.58. The number of hydrogen-bond donors (Lipinski definition) is 1. The zero-order valence-corrected chi connectivity index (χ0v) is 10.7. The van der Waals surface area contributed by atoms with E-state index in [1.165, 1.54) is 6.07 Å². The molecule has 0 radical (unpaired) electrons. The number of aryl methyl sites for hydroxylation is 2. The van der Waals surface area contributed by atoms with Crippen molar-refractivity contribution in [3.63, 3.8) is 0 Å². The normalized spacial score (nSPS) is 10.7. The maximum atomic E-state index is 13.2. The van der Waals surface area contributed by atoms with Crippen molar-refractivity contribution in [2.45, 2.75) is 27.2 Å². The van der Waals surface area contributed by atoms with E-state index < -0.39 is 0 Å². The second kappa shape index (κ2) is 4.72. The maximum absolute atomic E-state index is 13.2. The first-order valence-electron chi connectivity index (χ1n) is 5.89. The molecular weight excluding hydrogens is 231 g/mol. The van der Waals surface area contributed by atoms with Crippen molar-refractivity contribution in [1.29, 1.82) is 0 Å². The van der Waals surface area contributed by atoms with Crippen molar-refractivity contribution in [1.82, 2.24) is 9.97 Å². The van der Waals surface area contributed by atoms with E-state index in [-0.39, 0.29) is 11.4 Å². The third-order valence-electron chi connectivity index (χ3n) is 3.01. The van der Waals surface area contributed by atoms with Crippen LogP contribution in [0.2, 0.25) is 0 Å². The van der Waals surface area contributed by atoms with Gasteiger partial charge < -0.3 is 4.98 Å². The van der Waals surface area contributed by atoms with Crippen LogP contribution in [-0.2, 0) is 6.42 Å². The van der Waals surface area contributed by atoms with Crippen LogP contribution in [0, 0.1) is 19.7 Å². The molecule has 1 aromatic carbocycles. The van der Waals surface area contributed by atoms with Crippen molar-refractivity contribution >= 4 is 0 Å². The molecule has 1 heterocycles. The van der Waals surface area contributed by atoms with E-state index in [9.17, 15) is 9.18 Å². The summed E-state index contributed by atoms with van der Waals surface area (Å²) in [6.07, 6.45) is 0.650. The number of benzene rings is 1. The van der Waals surface area contributed by atoms with Crippen molar-refractivity contribution in [3.8, 4) is 11.4 Å². The molecule has 0 aliphatic carbocycles. The fourth-order valence-corrected chi connectivity index (χ4v) is 1.96. The second-order valence-corrected chi connectivity index (χ2v) is 4.30. The van der Waals surface area contributed by atoms with Crippen LogP contribution < -0.4 is 5.56 Å². The lowest BCUT2D eigenvalue weighted by Crippen LogP contribution is -2.16. The Kier molecular flexibility index (Phi) is 3.28. The first kappa shape index (κ1) is 12.5. The Bertz CT molecular complexity index is 647. The number of nitrogens with zero attached hydrogens (tertiary/aromatic N) is 1. The maximum Gasteiger partial charge on any atom is 0.254 e. The molecular formula is C14H15FN2O. The quantitative estimate of drug-likeness (QED) is 0.885. The Morgan fingerprint density at radius 2 is 2.06 bits per heavy atom. The highest BCUT2D eigenvalue weighted by Gasteiger charge is 2.08. The van der Waals surface area contributed by atoms with Crippen LogP contribution in [0.4, 0.5) is 4.39 Å². The molecule has 1 N–H and O–H groups in total. The molecule has 18 heavy (non-hydrogen) atoms. The average Bonchev–Trinajstić information content (AvgIpc) is 2.32. The van der Waals surface area contributed by atoms with Crippen molar-refractivity contribution in [2.24, 2.45) is 0 Å². The summed E-state index contributed by atoms with van der Waals surface area (Å²) in [5.74, 6) is 0.223. The Labute approximate surface area is 105 Å². The number of aromatic amines is 1. The van der Waals surface area contributed by atoms with Gasteiger partial charge in [0.1, 0.15) is 11.6 Å². The first-order chi connectivity index (χ1) is 8.52. The molecule has 3 nitrogen and oxygen atoms in total. The fraction of sp³-hybridized carbons (Fsp3) is 0.286. The van der Waals surface area contributed by atoms with Crippen LogP contribution in [0.3, 0.4) is 0 Å². The molecule has 0 saturated heterocycles. The molecule has 0 aliphatic heterocycles. The van der Waals surface area contributed by atoms with Crippen LogP contribution in [0.5, 0.6) is 0 Å². The lowest BCUT2D eigenvalue weighted by atomic mass is 10.1. The second-order valence-electron chi connectivity index (χ2n) is 4.30. The lowest BCUT2D eigenvalue weighted by molar-refractivity contribution is 0.618. The van der Waals surface area contributed by atoms with Gasteiger partial charge >= 0.3 is 0 Å². The number of rotatable bonds is 2. The smallest absolute Gasteiger partial charge is 0.254 e. The zero-order valence-electron chi connectivity index (χ0n) is 10.7. The third-order valence-corrected chi connectivity index (χ3v) is 3.01. The molecule has 0 fully saturated rings. The van der Waals surface area contributed by atoms with Gasteiger partial charge in [0.15, 0.2) is 0 Å². The summed E-state index contributed by atoms with van der Waals surface area (Å²) < 4.78 is 13.2. The van der Waals surface area contributed by atoms with Gasteiger partial charge in [0, 0.05) is 16.8 Å². The summed E-state index contributed by atoms with van der Waals surface area (Å²) in [7, 11) is 0. The highest BCUT2D eigenvalue weighted by Crippen LogP contribution is 2.18. The number of nitrogens with one attached hydrogen (secondary N) is 1. The predicted molar refractivity (Wildman–Crippen MR) is 69.1 cm³/mol. The summed E-state index contributed by atoms with van der Waals surface area (Å²) in [5.41, 5.74) is 2.54. The average molecular weight is 246 g/mol. The van der Waals surface area contributed by atoms with E-state index in [1.54, 1.807) is 19.1 Å². The van der Waals surface area contributed by atoms with E-state index in [2.05, 4.69) is 9.97 Å². The Hall–Kier alpha value is -1.97. The zero-order chi connectivity index (χ0) is 13.3. The van der Waals surface area contributed by atoms with E-state index in [0.29, 0.717) is 23.4 Å². The number of H-pyrrole nitrogens is 1. The molecule has 94 valence electrons. The summed E-state index contributed by atoms with van der Waals surface area (Å²) >= 11 is 0. The van der Waals surface area contributed by atoms with Gasteiger partial charge in [-0.05, 0) is 44.0 Å². The van der Waals surface area contributed by atoms with Crippen molar-refractivity contribution < 1.29 is 4.39 Å². The van der Waals surface area contributed by atoms with Crippen molar-refractivity contribution in [2.75, 3.05) is 0 Å². The van der Waals surface area contributed by atoms with E-state index >= 15 is 0 Å². The highest BCUT2D eigenvalue weighted by atomic mass is 19.1. The van der Waals surface area contributed by atoms with E-state index in [1.807, 2.05) is 13.8 Å². The minimum Gasteiger partial charge on any atom is -0.306 e. The van der Waals surface area contributed by atoms with Gasteiger partial charge in [-0.25, -0.2) is 9.37 Å². The first-order valence-corrected chi connectivity index (χ1v) is 5.89. The Morgan fingerprint density at radius 1 is 1.33 bits per heavy atom. The van der Waals surface area contributed by atoms with E-state index in [4.69, 9.17) is 0 Å². The molecule has 0 bridgehead atoms. The number of halogens is 1. The molecule has 2 rings (SSSR count). The summed E-state index contributed by atoms with van der Waals surface area (Å²) in [6, 6.07) is 4.68. The molecule has 0 saturated carbocycles. The molecule has 2 aromatic rings. The molecule has 0 atom stereocenters. The van der Waals surface area contributed by atoms with Gasteiger partial charge in [0.05, 0.1) is 0 Å². The predicted octanol–water partition coefficient (Wildman–Crippen LogP) is 2.76. The van der Waals surface area contributed by atoms with Gasteiger partial charge in [0.2, 0.25) is 0 Å². The molecule has 0 aliphatic rings. The monoisotopic (exact) mass is 246 g/mol. The molecule has 0 spiro atoms. The minimum absolute atomic E-state index is 0.123. The van der Waals surface area contributed by atoms with Gasteiger partial charge in [-0.15, -0.1) is 0 Å². The largest absolute Gasteiger partial charge is 0.306 e. The SMILES string of the molecule is CCc1c(C)nc(-c2ccc(F)c(C)c2)[nH]c1=O. The fourth-order valence-electron chi connectivity index (χ4n) is 1.96. The Morgan fingerprint density at radius 3 is 2.61 bits per heavy atom. The topological polar surface area (TPSA) is 45.8 Å². The van der Waals surface area contributed by atoms with Gasteiger partial charge in [-0.3, -0.25) is 4.79 Å². The highest BCUT2D eigenvalue weighted by molar-refractivity contribution is 5.56. The molecule has 1 aromatic heterocycles. The lowest BCUT2D eigenvalue weighted by Gasteiger charge is -2.06. The van der Waals surface area contributed by atoms with Crippen LogP contribution in [0.1, 0.15) is 23.7 Å². The van der Waals surface area contributed by atoms with E-state index in [0.717, 1.165) is 11.3 Å². The third kappa shape index (κ3) is 2.18. The molecule has 0 amide bonds. The van der Waals surface area contributed by atoms with Gasteiger partial charge in [-0.1, -0.05) is 6.92 Å². The number of hydrogen-bond acceptors (Lipinski definition) is 2. The van der Waals surface area contributed by atoms with Crippen LogP contribution in [-0.4, -0.2) is 9.97 Å². The van der Waals surface area contributed by atoms with Crippen molar-refractivity contribution in [3.05, 3.63) is 51.2 Å². The van der Waals surface area contributed by atoms with Crippen LogP contribution in [0.15, 0.2) is 23.0 Å². The van der Waals surface area contributed by atoms with Gasteiger partial charge in [-0.2, -0.15) is 0 Å². The molecule has 0 unspecified atom stereocenters. The summed E-state index contributed by atoms with van der Waals surface area (Å²) in [4.78, 5) is 19.0. The van der Waals surface area contributed by atoms with Crippen LogP contribution in [0.25, 0.3) is 11.4 Å². The summed E-state index contributed by atoms with van der Waals surface area (Å²) in [6.45, 7) is 5.42. The summed E-state index contributed by atoms with van der Waals surface area (Å²) in [5, 5.41) is 0. The van der Waals surface area contributed by atoms with Crippen LogP contribution >= 0.6 is 0 Å². The number of aromatic nitrogens is 2. The standard InChI is InChI=1S/C14H15FN2O/c1-4-11-9(3)16-13(17-14(11)18)10-5-6-12(15)8(2)7-10/h5-7H,4H2,1-3H3,(H,16,17,18). The minimum atomic E-state index is -0.261. The van der Waals surface area contributed by atoms with Gasteiger partial charge in [0.25, 0.3) is 5.56 Å².